The molecule has 0 unspecified atom stereocenters. The maximum absolute atomic E-state index is 13.0. The minimum atomic E-state index is -1.12. The summed E-state index contributed by atoms with van der Waals surface area (Å²) >= 11 is 0. The van der Waals surface area contributed by atoms with Gasteiger partial charge in [0, 0.05) is 23.1 Å². The van der Waals surface area contributed by atoms with E-state index in [0.717, 1.165) is 16.2 Å². The molecule has 1 aromatic carbocycles. The number of benzene rings is 1. The summed E-state index contributed by atoms with van der Waals surface area (Å²) < 4.78 is 6.04. The molecule has 31 heavy (non-hydrogen) atoms. The van der Waals surface area contributed by atoms with Gasteiger partial charge in [0.15, 0.2) is 5.78 Å². The van der Waals surface area contributed by atoms with Crippen molar-refractivity contribution < 1.29 is 19.4 Å². The fourth-order valence-corrected chi connectivity index (χ4v) is 3.80. The number of aromatic amines is 1. The van der Waals surface area contributed by atoms with Gasteiger partial charge in [-0.25, -0.2) is 4.79 Å². The number of nitrogens with one attached hydrogen (secondary N) is 2. The number of H-pyrrole nitrogens is 1. The Morgan fingerprint density at radius 3 is 2.77 bits per heavy atom. The molecular formula is C23H22N4O4. The van der Waals surface area contributed by atoms with Gasteiger partial charge in [0.1, 0.15) is 5.75 Å². The van der Waals surface area contributed by atoms with Crippen LogP contribution in [-0.2, 0) is 6.54 Å². The molecule has 3 aromatic rings. The van der Waals surface area contributed by atoms with E-state index >= 15 is 0 Å². The van der Waals surface area contributed by atoms with Gasteiger partial charge in [0.05, 0.1) is 42.8 Å². The number of hydrogen-bond acceptors (Lipinski definition) is 5. The molecule has 5 rings (SSSR count). The number of nitrogens with zero attached hydrogens (tertiary/aromatic N) is 2. The lowest BCUT2D eigenvalue weighted by Crippen LogP contribution is -2.38. The molecule has 2 aromatic heterocycles. The van der Waals surface area contributed by atoms with Crippen LogP contribution in [0.2, 0.25) is 0 Å². The van der Waals surface area contributed by atoms with Crippen molar-refractivity contribution in [1.29, 1.82) is 0 Å². The molecule has 1 fully saturated rings. The number of carbonyl (C=O) groups excluding carboxylic acids is 1. The van der Waals surface area contributed by atoms with Crippen LogP contribution in [0.3, 0.4) is 0 Å². The molecule has 0 saturated heterocycles. The number of ether oxygens (including phenoxy) is 1. The van der Waals surface area contributed by atoms with Crippen LogP contribution in [0, 0.1) is 5.92 Å². The summed E-state index contributed by atoms with van der Waals surface area (Å²) in [6.45, 7) is 0.569. The third kappa shape index (κ3) is 3.84. The Hall–Kier alpha value is -3.81. The van der Waals surface area contributed by atoms with Crippen LogP contribution in [0.15, 0.2) is 48.8 Å². The Labute approximate surface area is 178 Å². The van der Waals surface area contributed by atoms with E-state index in [2.05, 4.69) is 15.3 Å². The number of hydrogen-bond donors (Lipinski definition) is 3. The van der Waals surface area contributed by atoms with Gasteiger partial charge >= 0.3 is 6.09 Å². The van der Waals surface area contributed by atoms with Crippen molar-refractivity contribution in [3.63, 3.8) is 0 Å². The minimum absolute atomic E-state index is 0.114. The molecular weight excluding hydrogens is 396 g/mol. The molecule has 0 radical (unpaired) electrons. The Kier molecular flexibility index (Phi) is 4.82. The van der Waals surface area contributed by atoms with E-state index in [1.165, 1.54) is 12.8 Å². The summed E-state index contributed by atoms with van der Waals surface area (Å²) in [5, 5.41) is 12.8. The van der Waals surface area contributed by atoms with E-state index in [0.29, 0.717) is 40.9 Å². The average molecular weight is 418 g/mol. The van der Waals surface area contributed by atoms with Crippen LogP contribution in [0.25, 0.3) is 11.3 Å². The molecule has 8 nitrogen and oxygen atoms in total. The average Bonchev–Trinajstić information content (AvgIpc) is 3.54. The Morgan fingerprint density at radius 1 is 1.23 bits per heavy atom. The molecule has 3 heterocycles. The van der Waals surface area contributed by atoms with Gasteiger partial charge < -0.3 is 20.1 Å². The van der Waals surface area contributed by atoms with E-state index in [9.17, 15) is 14.7 Å². The first-order chi connectivity index (χ1) is 15.1. The van der Waals surface area contributed by atoms with Crippen molar-refractivity contribution >= 4 is 23.3 Å². The van der Waals surface area contributed by atoms with Gasteiger partial charge in [-0.3, -0.25) is 14.7 Å². The number of fused-ring (bicyclic) bond motifs is 1. The SMILES string of the molecule is O=C1CN(C(=O)O)Cc2[nH]c(-c3ccncc3OCC3CC3)c(Nc3ccccc3)c21. The van der Waals surface area contributed by atoms with Crippen LogP contribution in [0.5, 0.6) is 5.75 Å². The van der Waals surface area contributed by atoms with Crippen LogP contribution in [0.1, 0.15) is 28.9 Å². The van der Waals surface area contributed by atoms with Crippen LogP contribution in [-0.4, -0.2) is 45.0 Å². The zero-order valence-electron chi connectivity index (χ0n) is 16.8. The summed E-state index contributed by atoms with van der Waals surface area (Å²) in [5.41, 5.74) is 3.96. The largest absolute Gasteiger partial charge is 0.491 e. The smallest absolute Gasteiger partial charge is 0.408 e. The van der Waals surface area contributed by atoms with Gasteiger partial charge in [-0.05, 0) is 37.0 Å². The van der Waals surface area contributed by atoms with Gasteiger partial charge in [0.25, 0.3) is 0 Å². The number of ketones is 1. The number of carbonyl (C=O) groups is 2. The lowest BCUT2D eigenvalue weighted by atomic mass is 10.0. The van der Waals surface area contributed by atoms with Gasteiger partial charge in [-0.15, -0.1) is 0 Å². The van der Waals surface area contributed by atoms with Crippen molar-refractivity contribution in [3.05, 3.63) is 60.0 Å². The lowest BCUT2D eigenvalue weighted by Gasteiger charge is -2.23. The monoisotopic (exact) mass is 418 g/mol. The quantitative estimate of drug-likeness (QED) is 0.551. The highest BCUT2D eigenvalue weighted by atomic mass is 16.5. The number of aromatic nitrogens is 2. The predicted octanol–water partition coefficient (Wildman–Crippen LogP) is 4.29. The predicted molar refractivity (Wildman–Crippen MR) is 115 cm³/mol. The summed E-state index contributed by atoms with van der Waals surface area (Å²) in [7, 11) is 0. The second kappa shape index (κ2) is 7.79. The highest BCUT2D eigenvalue weighted by Crippen LogP contribution is 2.41. The lowest BCUT2D eigenvalue weighted by molar-refractivity contribution is 0.0874. The third-order valence-electron chi connectivity index (χ3n) is 5.58. The third-order valence-corrected chi connectivity index (χ3v) is 5.58. The second-order valence-corrected chi connectivity index (χ2v) is 7.91. The molecule has 3 N–H and O–H groups in total. The summed E-state index contributed by atoms with van der Waals surface area (Å²) in [6, 6.07) is 11.4. The van der Waals surface area contributed by atoms with E-state index in [4.69, 9.17) is 4.74 Å². The molecule has 1 aliphatic carbocycles. The van der Waals surface area contributed by atoms with E-state index in [-0.39, 0.29) is 18.9 Å². The van der Waals surface area contributed by atoms with Gasteiger partial charge in [0.2, 0.25) is 0 Å². The van der Waals surface area contributed by atoms with Gasteiger partial charge in [-0.2, -0.15) is 0 Å². The zero-order chi connectivity index (χ0) is 21.4. The van der Waals surface area contributed by atoms with Crippen molar-refractivity contribution in [2.75, 3.05) is 18.5 Å². The first kappa shape index (κ1) is 19.2. The summed E-state index contributed by atoms with van der Waals surface area (Å²) in [6.07, 6.45) is 4.58. The molecule has 158 valence electrons. The maximum Gasteiger partial charge on any atom is 0.408 e. The molecule has 0 bridgehead atoms. The molecule has 8 heteroatoms. The molecule has 1 amide bonds. The standard InChI is InChI=1S/C23H22N4O4/c28-18-12-27(23(29)30)11-17-20(18)22(25-15-4-2-1-3-5-15)21(26-17)16-8-9-24-10-19(16)31-13-14-6-7-14/h1-5,8-10,14,25-26H,6-7,11-13H2,(H,29,30). The van der Waals surface area contributed by atoms with Crippen LogP contribution >= 0.6 is 0 Å². The first-order valence-corrected chi connectivity index (χ1v) is 10.3. The first-order valence-electron chi connectivity index (χ1n) is 10.3. The fourth-order valence-electron chi connectivity index (χ4n) is 3.80. The number of para-hydroxylation sites is 1. The van der Waals surface area contributed by atoms with Crippen LogP contribution in [0.4, 0.5) is 16.2 Å². The molecule has 0 spiro atoms. The van der Waals surface area contributed by atoms with Crippen LogP contribution < -0.4 is 10.1 Å². The number of carboxylic acid groups (broad SMARTS) is 1. The van der Waals surface area contributed by atoms with Gasteiger partial charge in [-0.1, -0.05) is 18.2 Å². The summed E-state index contributed by atoms with van der Waals surface area (Å²) in [4.78, 5) is 33.1. The number of anilines is 2. The zero-order valence-corrected chi connectivity index (χ0v) is 16.8. The summed E-state index contributed by atoms with van der Waals surface area (Å²) in [5.74, 6) is 0.961. The van der Waals surface area contributed by atoms with E-state index < -0.39 is 6.09 Å². The second-order valence-electron chi connectivity index (χ2n) is 7.91. The van der Waals surface area contributed by atoms with Crippen molar-refractivity contribution in [3.8, 4) is 17.0 Å². The normalized spacial score (nSPS) is 15.5. The molecule has 1 aliphatic heterocycles. The number of Topliss-reactive ketones (excluding diaryl/α,β-unsaturated/α-hetero) is 1. The highest BCUT2D eigenvalue weighted by Gasteiger charge is 2.33. The molecule has 1 saturated carbocycles. The van der Waals surface area contributed by atoms with Crippen molar-refractivity contribution in [1.82, 2.24) is 14.9 Å². The minimum Gasteiger partial charge on any atom is -0.491 e. The number of rotatable bonds is 6. The Morgan fingerprint density at radius 2 is 2.03 bits per heavy atom. The maximum atomic E-state index is 13.0. The van der Waals surface area contributed by atoms with E-state index in [1.54, 1.807) is 12.4 Å². The Balaban J connectivity index is 1.61. The highest BCUT2D eigenvalue weighted by molar-refractivity contribution is 6.09. The van der Waals surface area contributed by atoms with Crippen molar-refractivity contribution in [2.24, 2.45) is 5.92 Å². The molecule has 0 atom stereocenters. The topological polar surface area (TPSA) is 108 Å². The number of amides is 1. The molecule has 2 aliphatic rings. The Bertz CT molecular complexity index is 1140. The number of pyridine rings is 1. The fraction of sp³-hybridized carbons (Fsp3) is 0.261. The van der Waals surface area contributed by atoms with E-state index in [1.807, 2.05) is 36.4 Å². The van der Waals surface area contributed by atoms with Crippen molar-refractivity contribution in [2.45, 2.75) is 19.4 Å².